The molecule has 1 fully saturated rings. The van der Waals surface area contributed by atoms with Crippen molar-refractivity contribution in [3.63, 3.8) is 0 Å². The SMILES string of the molecule is Cc1c(CCCN)cnn1C1CCCNC1. The zero-order chi connectivity index (χ0) is 11.4. The molecule has 0 aromatic carbocycles. The van der Waals surface area contributed by atoms with Gasteiger partial charge in [0.15, 0.2) is 0 Å². The Balaban J connectivity index is 2.06. The Morgan fingerprint density at radius 1 is 1.62 bits per heavy atom. The Kier molecular flexibility index (Phi) is 3.96. The fourth-order valence-corrected chi connectivity index (χ4v) is 2.41. The molecule has 16 heavy (non-hydrogen) atoms. The van der Waals surface area contributed by atoms with Crippen LogP contribution in [0, 0.1) is 6.92 Å². The third-order valence-electron chi connectivity index (χ3n) is 3.41. The molecule has 0 spiro atoms. The van der Waals surface area contributed by atoms with Crippen LogP contribution in [0.2, 0.25) is 0 Å². The molecule has 0 saturated carbocycles. The van der Waals surface area contributed by atoms with E-state index in [4.69, 9.17) is 5.73 Å². The van der Waals surface area contributed by atoms with Gasteiger partial charge in [-0.2, -0.15) is 5.10 Å². The molecule has 2 rings (SSSR count). The summed E-state index contributed by atoms with van der Waals surface area (Å²) in [5, 5.41) is 7.96. The normalized spacial score (nSPS) is 21.2. The minimum Gasteiger partial charge on any atom is -0.330 e. The van der Waals surface area contributed by atoms with Gasteiger partial charge in [0.25, 0.3) is 0 Å². The largest absolute Gasteiger partial charge is 0.330 e. The first-order valence-corrected chi connectivity index (χ1v) is 6.26. The number of aromatic nitrogens is 2. The van der Waals surface area contributed by atoms with Crippen molar-refractivity contribution in [2.24, 2.45) is 5.73 Å². The van der Waals surface area contributed by atoms with E-state index in [2.05, 4.69) is 22.0 Å². The van der Waals surface area contributed by atoms with Crippen LogP contribution in [0.4, 0.5) is 0 Å². The predicted molar refractivity (Wildman–Crippen MR) is 65.5 cm³/mol. The second kappa shape index (κ2) is 5.46. The van der Waals surface area contributed by atoms with E-state index in [1.165, 1.54) is 24.1 Å². The number of piperidine rings is 1. The van der Waals surface area contributed by atoms with Crippen molar-refractivity contribution in [3.05, 3.63) is 17.5 Å². The third-order valence-corrected chi connectivity index (χ3v) is 3.41. The van der Waals surface area contributed by atoms with Crippen LogP contribution in [0.1, 0.15) is 36.6 Å². The van der Waals surface area contributed by atoms with Crippen molar-refractivity contribution < 1.29 is 0 Å². The van der Waals surface area contributed by atoms with Gasteiger partial charge in [-0.15, -0.1) is 0 Å². The zero-order valence-corrected chi connectivity index (χ0v) is 10.1. The van der Waals surface area contributed by atoms with Gasteiger partial charge in [-0.3, -0.25) is 4.68 Å². The summed E-state index contributed by atoms with van der Waals surface area (Å²) >= 11 is 0. The molecule has 0 bridgehead atoms. The first-order valence-electron chi connectivity index (χ1n) is 6.26. The Morgan fingerprint density at radius 3 is 3.19 bits per heavy atom. The van der Waals surface area contributed by atoms with E-state index in [-0.39, 0.29) is 0 Å². The van der Waals surface area contributed by atoms with Crippen molar-refractivity contribution in [3.8, 4) is 0 Å². The fourth-order valence-electron chi connectivity index (χ4n) is 2.41. The van der Waals surface area contributed by atoms with Crippen LogP contribution in [0.3, 0.4) is 0 Å². The lowest BCUT2D eigenvalue weighted by Gasteiger charge is -2.24. The maximum atomic E-state index is 5.54. The van der Waals surface area contributed by atoms with E-state index in [0.29, 0.717) is 6.04 Å². The highest BCUT2D eigenvalue weighted by Gasteiger charge is 2.18. The molecule has 1 aromatic rings. The zero-order valence-electron chi connectivity index (χ0n) is 10.1. The first kappa shape index (κ1) is 11.6. The van der Waals surface area contributed by atoms with E-state index >= 15 is 0 Å². The topological polar surface area (TPSA) is 55.9 Å². The molecule has 1 saturated heterocycles. The Hall–Kier alpha value is -0.870. The Bertz CT molecular complexity index is 326. The number of rotatable bonds is 4. The highest BCUT2D eigenvalue weighted by molar-refractivity contribution is 5.17. The second-order valence-corrected chi connectivity index (χ2v) is 4.59. The lowest BCUT2D eigenvalue weighted by Crippen LogP contribution is -2.32. The minimum atomic E-state index is 0.542. The van der Waals surface area contributed by atoms with Crippen LogP contribution in [0.25, 0.3) is 0 Å². The minimum absolute atomic E-state index is 0.542. The molecule has 1 unspecified atom stereocenters. The third kappa shape index (κ3) is 2.44. The van der Waals surface area contributed by atoms with Crippen molar-refractivity contribution in [1.29, 1.82) is 0 Å². The quantitative estimate of drug-likeness (QED) is 0.799. The number of aryl methyl sites for hydroxylation is 1. The Morgan fingerprint density at radius 2 is 2.50 bits per heavy atom. The van der Waals surface area contributed by atoms with Crippen molar-refractivity contribution >= 4 is 0 Å². The van der Waals surface area contributed by atoms with Gasteiger partial charge in [0, 0.05) is 12.2 Å². The lowest BCUT2D eigenvalue weighted by atomic mass is 10.1. The summed E-state index contributed by atoms with van der Waals surface area (Å²) in [5.41, 5.74) is 8.22. The molecule has 1 aromatic heterocycles. The molecule has 1 aliphatic heterocycles. The van der Waals surface area contributed by atoms with Crippen LogP contribution < -0.4 is 11.1 Å². The monoisotopic (exact) mass is 222 g/mol. The molecule has 0 amide bonds. The highest BCUT2D eigenvalue weighted by Crippen LogP contribution is 2.20. The molecular weight excluding hydrogens is 200 g/mol. The summed E-state index contributed by atoms with van der Waals surface area (Å²) in [6.07, 6.45) is 6.62. The molecular formula is C12H22N4. The van der Waals surface area contributed by atoms with Crippen molar-refractivity contribution in [1.82, 2.24) is 15.1 Å². The Labute approximate surface area is 97.2 Å². The molecule has 4 heteroatoms. The summed E-state index contributed by atoms with van der Waals surface area (Å²) in [6.45, 7) is 5.14. The molecule has 3 N–H and O–H groups in total. The van der Waals surface area contributed by atoms with Gasteiger partial charge in [-0.05, 0) is 51.3 Å². The predicted octanol–water partition coefficient (Wildman–Crippen LogP) is 1.01. The van der Waals surface area contributed by atoms with E-state index in [1.54, 1.807) is 0 Å². The van der Waals surface area contributed by atoms with Gasteiger partial charge >= 0.3 is 0 Å². The average molecular weight is 222 g/mol. The number of hydrogen-bond donors (Lipinski definition) is 2. The molecule has 2 heterocycles. The number of nitrogens with one attached hydrogen (secondary N) is 1. The maximum absolute atomic E-state index is 5.54. The molecule has 1 atom stereocenters. The van der Waals surface area contributed by atoms with Crippen LogP contribution in [0.15, 0.2) is 6.20 Å². The standard InChI is InChI=1S/C12H22N4/c1-10-11(4-2-6-13)8-15-16(10)12-5-3-7-14-9-12/h8,12,14H,2-7,9,13H2,1H3. The summed E-state index contributed by atoms with van der Waals surface area (Å²) in [7, 11) is 0. The van der Waals surface area contributed by atoms with Crippen molar-refractivity contribution in [2.75, 3.05) is 19.6 Å². The smallest absolute Gasteiger partial charge is 0.0647 e. The summed E-state index contributed by atoms with van der Waals surface area (Å²) in [6, 6.07) is 0.542. The summed E-state index contributed by atoms with van der Waals surface area (Å²) in [4.78, 5) is 0. The van der Waals surface area contributed by atoms with Gasteiger partial charge < -0.3 is 11.1 Å². The molecule has 0 radical (unpaired) electrons. The van der Waals surface area contributed by atoms with E-state index in [1.807, 2.05) is 6.20 Å². The van der Waals surface area contributed by atoms with E-state index in [0.717, 1.165) is 32.5 Å². The summed E-state index contributed by atoms with van der Waals surface area (Å²) < 4.78 is 2.19. The van der Waals surface area contributed by atoms with E-state index < -0.39 is 0 Å². The van der Waals surface area contributed by atoms with Crippen LogP contribution in [0.5, 0.6) is 0 Å². The summed E-state index contributed by atoms with van der Waals surface area (Å²) in [5.74, 6) is 0. The molecule has 4 nitrogen and oxygen atoms in total. The average Bonchev–Trinajstić information content (AvgIpc) is 2.69. The van der Waals surface area contributed by atoms with Crippen molar-refractivity contribution in [2.45, 2.75) is 38.6 Å². The van der Waals surface area contributed by atoms with E-state index in [9.17, 15) is 0 Å². The number of nitrogens with zero attached hydrogens (tertiary/aromatic N) is 2. The fraction of sp³-hybridized carbons (Fsp3) is 0.750. The maximum Gasteiger partial charge on any atom is 0.0647 e. The first-order chi connectivity index (χ1) is 7.83. The number of nitrogens with two attached hydrogens (primary N) is 1. The molecule has 90 valence electrons. The number of hydrogen-bond acceptors (Lipinski definition) is 3. The van der Waals surface area contributed by atoms with Crippen LogP contribution >= 0.6 is 0 Å². The highest BCUT2D eigenvalue weighted by atomic mass is 15.3. The van der Waals surface area contributed by atoms with Gasteiger partial charge in [-0.25, -0.2) is 0 Å². The van der Waals surface area contributed by atoms with Gasteiger partial charge in [0.1, 0.15) is 0 Å². The molecule has 1 aliphatic rings. The second-order valence-electron chi connectivity index (χ2n) is 4.59. The van der Waals surface area contributed by atoms with Gasteiger partial charge in [0.05, 0.1) is 12.2 Å². The van der Waals surface area contributed by atoms with Crippen LogP contribution in [-0.4, -0.2) is 29.4 Å². The lowest BCUT2D eigenvalue weighted by molar-refractivity contribution is 0.341. The van der Waals surface area contributed by atoms with Gasteiger partial charge in [-0.1, -0.05) is 0 Å². The van der Waals surface area contributed by atoms with Gasteiger partial charge in [0.2, 0.25) is 0 Å². The van der Waals surface area contributed by atoms with Crippen LogP contribution in [-0.2, 0) is 6.42 Å². The molecule has 0 aliphatic carbocycles.